The van der Waals surface area contributed by atoms with E-state index in [1.165, 1.54) is 24.8 Å². The quantitative estimate of drug-likeness (QED) is 0.900. The van der Waals surface area contributed by atoms with Crippen LogP contribution >= 0.6 is 0 Å². The zero-order valence-electron chi connectivity index (χ0n) is 14.3. The van der Waals surface area contributed by atoms with Gasteiger partial charge in [-0.25, -0.2) is 0 Å². The summed E-state index contributed by atoms with van der Waals surface area (Å²) in [5, 5.41) is 11.1. The molecule has 22 heavy (non-hydrogen) atoms. The number of fused-ring (bicyclic) bond motifs is 1. The molecule has 2 aliphatic heterocycles. The van der Waals surface area contributed by atoms with Crippen molar-refractivity contribution in [3.05, 3.63) is 29.3 Å². The average molecular weight is 303 g/mol. The number of aliphatic hydroxyl groups is 1. The molecule has 2 unspecified atom stereocenters. The second-order valence-corrected chi connectivity index (χ2v) is 7.61. The normalized spacial score (nSPS) is 28.3. The van der Waals surface area contributed by atoms with Crippen LogP contribution in [0.4, 0.5) is 0 Å². The molecule has 0 aromatic heterocycles. The predicted octanol–water partition coefficient (Wildman–Crippen LogP) is 3.87. The molecule has 0 aliphatic carbocycles. The van der Waals surface area contributed by atoms with Gasteiger partial charge < -0.3 is 9.84 Å². The summed E-state index contributed by atoms with van der Waals surface area (Å²) in [4.78, 5) is 2.43. The monoisotopic (exact) mass is 303 g/mol. The molecular weight excluding hydrogens is 274 g/mol. The van der Waals surface area contributed by atoms with Crippen LogP contribution in [0.15, 0.2) is 18.2 Å². The van der Waals surface area contributed by atoms with Crippen molar-refractivity contribution in [1.82, 2.24) is 4.90 Å². The summed E-state index contributed by atoms with van der Waals surface area (Å²) in [5.41, 5.74) is 1.78. The topological polar surface area (TPSA) is 32.7 Å². The molecule has 1 N–H and O–H groups in total. The lowest BCUT2D eigenvalue weighted by Gasteiger charge is -2.49. The molecule has 3 nitrogen and oxygen atoms in total. The standard InChI is InChI=1S/C19H29NO2/c1-13(2)14-9-8-10-15-16(21)18(19(3,4)22-17(14)15)20-11-6-5-7-12-20/h8-10,13,16,18,21H,5-7,11-12H2,1-4H3. The number of benzene rings is 1. The molecule has 2 aliphatic rings. The Hall–Kier alpha value is -1.06. The van der Waals surface area contributed by atoms with E-state index in [0.29, 0.717) is 5.92 Å². The van der Waals surface area contributed by atoms with E-state index in [2.05, 4.69) is 38.7 Å². The van der Waals surface area contributed by atoms with Gasteiger partial charge in [0.15, 0.2) is 0 Å². The minimum absolute atomic E-state index is 0.0303. The summed E-state index contributed by atoms with van der Waals surface area (Å²) >= 11 is 0. The molecule has 0 bridgehead atoms. The third-order valence-electron chi connectivity index (χ3n) is 5.18. The highest BCUT2D eigenvalue weighted by Crippen LogP contribution is 2.45. The van der Waals surface area contributed by atoms with Gasteiger partial charge in [-0.1, -0.05) is 38.5 Å². The molecule has 3 heteroatoms. The Morgan fingerprint density at radius 1 is 1.18 bits per heavy atom. The minimum Gasteiger partial charge on any atom is -0.485 e. The van der Waals surface area contributed by atoms with E-state index in [1.807, 2.05) is 12.1 Å². The van der Waals surface area contributed by atoms with Gasteiger partial charge in [0, 0.05) is 5.56 Å². The molecule has 1 aromatic rings. The fourth-order valence-corrected chi connectivity index (χ4v) is 4.09. The highest BCUT2D eigenvalue weighted by atomic mass is 16.5. The number of nitrogens with zero attached hydrogens (tertiary/aromatic N) is 1. The largest absolute Gasteiger partial charge is 0.485 e. The van der Waals surface area contributed by atoms with Gasteiger partial charge in [0.05, 0.1) is 6.04 Å². The molecule has 2 heterocycles. The molecule has 1 saturated heterocycles. The number of rotatable bonds is 2. The number of hydrogen-bond donors (Lipinski definition) is 1. The van der Waals surface area contributed by atoms with Gasteiger partial charge in [-0.2, -0.15) is 0 Å². The number of likely N-dealkylation sites (tertiary alicyclic amines) is 1. The Morgan fingerprint density at radius 2 is 1.86 bits per heavy atom. The van der Waals surface area contributed by atoms with Crippen LogP contribution in [0, 0.1) is 0 Å². The van der Waals surface area contributed by atoms with Crippen molar-refractivity contribution in [2.24, 2.45) is 0 Å². The second kappa shape index (κ2) is 5.86. The average Bonchev–Trinajstić information content (AvgIpc) is 2.46. The zero-order chi connectivity index (χ0) is 15.9. The lowest BCUT2D eigenvalue weighted by molar-refractivity contribution is -0.0878. The van der Waals surface area contributed by atoms with Crippen LogP contribution in [-0.4, -0.2) is 34.7 Å². The molecule has 0 spiro atoms. The van der Waals surface area contributed by atoms with Crippen LogP contribution in [0.5, 0.6) is 5.75 Å². The van der Waals surface area contributed by atoms with Gasteiger partial charge in [0.2, 0.25) is 0 Å². The van der Waals surface area contributed by atoms with Crippen molar-refractivity contribution in [2.45, 2.75) is 70.6 Å². The summed E-state index contributed by atoms with van der Waals surface area (Å²) in [6.45, 7) is 10.7. The maximum Gasteiger partial charge on any atom is 0.129 e. The van der Waals surface area contributed by atoms with Crippen molar-refractivity contribution in [2.75, 3.05) is 13.1 Å². The first kappa shape index (κ1) is 15.8. The van der Waals surface area contributed by atoms with Crippen molar-refractivity contribution in [1.29, 1.82) is 0 Å². The third-order valence-corrected chi connectivity index (χ3v) is 5.18. The third kappa shape index (κ3) is 2.65. The van der Waals surface area contributed by atoms with Crippen LogP contribution in [0.3, 0.4) is 0 Å². The lowest BCUT2D eigenvalue weighted by atomic mass is 9.82. The van der Waals surface area contributed by atoms with E-state index in [-0.39, 0.29) is 11.6 Å². The smallest absolute Gasteiger partial charge is 0.129 e. The first-order valence-corrected chi connectivity index (χ1v) is 8.66. The van der Waals surface area contributed by atoms with E-state index in [9.17, 15) is 5.11 Å². The van der Waals surface area contributed by atoms with E-state index in [0.717, 1.165) is 24.4 Å². The Morgan fingerprint density at radius 3 is 2.50 bits per heavy atom. The fourth-order valence-electron chi connectivity index (χ4n) is 4.09. The molecule has 122 valence electrons. The van der Waals surface area contributed by atoms with Crippen molar-refractivity contribution >= 4 is 0 Å². The second-order valence-electron chi connectivity index (χ2n) is 7.61. The molecule has 0 radical (unpaired) electrons. The molecule has 0 amide bonds. The molecule has 3 rings (SSSR count). The first-order chi connectivity index (χ1) is 10.4. The SMILES string of the molecule is CC(C)c1cccc2c1OC(C)(C)C(N1CCCCC1)C2O. The van der Waals surface area contributed by atoms with Crippen molar-refractivity contribution < 1.29 is 9.84 Å². The van der Waals surface area contributed by atoms with E-state index in [4.69, 9.17) is 4.74 Å². The van der Waals surface area contributed by atoms with E-state index < -0.39 is 6.10 Å². The van der Waals surface area contributed by atoms with Gasteiger partial charge in [0.1, 0.15) is 17.5 Å². The number of para-hydroxylation sites is 1. The van der Waals surface area contributed by atoms with Gasteiger partial charge in [0.25, 0.3) is 0 Å². The highest BCUT2D eigenvalue weighted by molar-refractivity contribution is 5.47. The number of aliphatic hydroxyl groups excluding tert-OH is 1. The summed E-state index contributed by atoms with van der Waals surface area (Å²) in [6, 6.07) is 6.22. The molecule has 1 fully saturated rings. The van der Waals surface area contributed by atoms with E-state index in [1.54, 1.807) is 0 Å². The zero-order valence-corrected chi connectivity index (χ0v) is 14.3. The highest BCUT2D eigenvalue weighted by Gasteiger charge is 2.47. The van der Waals surface area contributed by atoms with Gasteiger partial charge in [-0.15, -0.1) is 0 Å². The van der Waals surface area contributed by atoms with Crippen LogP contribution in [0.1, 0.15) is 70.1 Å². The van der Waals surface area contributed by atoms with Gasteiger partial charge >= 0.3 is 0 Å². The van der Waals surface area contributed by atoms with Crippen LogP contribution in [-0.2, 0) is 0 Å². The van der Waals surface area contributed by atoms with Crippen molar-refractivity contribution in [3.8, 4) is 5.75 Å². The Bertz CT molecular complexity index is 532. The summed E-state index contributed by atoms with van der Waals surface area (Å²) in [6.07, 6.45) is 3.26. The number of ether oxygens (including phenoxy) is 1. The van der Waals surface area contributed by atoms with Crippen molar-refractivity contribution in [3.63, 3.8) is 0 Å². The summed E-state index contributed by atoms with van der Waals surface area (Å²) in [7, 11) is 0. The lowest BCUT2D eigenvalue weighted by Crippen LogP contribution is -2.59. The number of piperidine rings is 1. The first-order valence-electron chi connectivity index (χ1n) is 8.66. The minimum atomic E-state index is -0.476. The van der Waals surface area contributed by atoms with Gasteiger partial charge in [-0.3, -0.25) is 4.90 Å². The number of hydrogen-bond acceptors (Lipinski definition) is 3. The fraction of sp³-hybridized carbons (Fsp3) is 0.684. The molecular formula is C19H29NO2. The molecule has 1 aromatic carbocycles. The summed E-state index contributed by atoms with van der Waals surface area (Å²) in [5.74, 6) is 1.30. The predicted molar refractivity (Wildman–Crippen MR) is 89.4 cm³/mol. The molecule has 0 saturated carbocycles. The van der Waals surface area contributed by atoms with E-state index >= 15 is 0 Å². The Labute approximate surface area is 134 Å². The van der Waals surface area contributed by atoms with Crippen LogP contribution in [0.2, 0.25) is 0 Å². The van der Waals surface area contributed by atoms with Crippen LogP contribution < -0.4 is 4.74 Å². The maximum absolute atomic E-state index is 11.1. The van der Waals surface area contributed by atoms with Gasteiger partial charge in [-0.05, 0) is 51.3 Å². The Balaban J connectivity index is 2.01. The molecule has 2 atom stereocenters. The Kier molecular flexibility index (Phi) is 4.21. The summed E-state index contributed by atoms with van der Waals surface area (Å²) < 4.78 is 6.45. The maximum atomic E-state index is 11.1. The van der Waals surface area contributed by atoms with Crippen LogP contribution in [0.25, 0.3) is 0 Å².